The van der Waals surface area contributed by atoms with Crippen molar-refractivity contribution < 1.29 is 71.8 Å². The fraction of sp³-hybridized carbons (Fsp3) is 0.574. The summed E-state index contributed by atoms with van der Waals surface area (Å²) in [5, 5.41) is 16.2. The lowest BCUT2D eigenvalue weighted by molar-refractivity contribution is -0.347. The average molecular weight is 957 g/mol. The summed E-state index contributed by atoms with van der Waals surface area (Å²) in [6, 6.07) is 15.0. The number of Topliss-reactive ketones (excluding diaryl/α,β-unsaturated/α-hetero) is 1. The van der Waals surface area contributed by atoms with E-state index in [1.165, 1.54) is 33.3 Å². The summed E-state index contributed by atoms with van der Waals surface area (Å²) in [6.45, 7) is 12.6. The smallest absolute Gasteiger partial charge is 0.408 e. The minimum absolute atomic E-state index is 0.104. The average Bonchev–Trinajstić information content (AvgIpc) is 3.23. The number of carbonyl (C=O) groups excluding carboxylic acids is 6. The van der Waals surface area contributed by atoms with Gasteiger partial charge in [-0.2, -0.15) is 0 Å². The molecule has 11 atom stereocenters. The Bertz CT molecular complexity index is 2160. The highest BCUT2D eigenvalue weighted by Crippen LogP contribution is 2.64. The third-order valence-corrected chi connectivity index (χ3v) is 13.8. The molecule has 17 heteroatoms. The van der Waals surface area contributed by atoms with Crippen LogP contribution in [0.1, 0.15) is 90.2 Å². The maximum Gasteiger partial charge on any atom is 0.408 e. The summed E-state index contributed by atoms with van der Waals surface area (Å²) in [5.74, 6) is -5.43. The number of alkyl halides is 1. The number of ketones is 1. The molecule has 0 spiro atoms. The Morgan fingerprint density at radius 3 is 2.11 bits per heavy atom. The quantitative estimate of drug-likeness (QED) is 0.116. The highest BCUT2D eigenvalue weighted by molar-refractivity contribution is 9.09. The van der Waals surface area contributed by atoms with E-state index in [2.05, 4.69) is 21.2 Å². The van der Waals surface area contributed by atoms with Crippen LogP contribution in [0.4, 0.5) is 4.79 Å². The maximum absolute atomic E-state index is 15.7. The van der Waals surface area contributed by atoms with Crippen LogP contribution in [-0.2, 0) is 57.1 Å². The van der Waals surface area contributed by atoms with Gasteiger partial charge >= 0.3 is 30.0 Å². The van der Waals surface area contributed by atoms with E-state index in [9.17, 15) is 29.1 Å². The van der Waals surface area contributed by atoms with Crippen LogP contribution in [0.5, 0.6) is 0 Å². The summed E-state index contributed by atoms with van der Waals surface area (Å²) in [6.07, 6.45) is -9.39. The van der Waals surface area contributed by atoms with Gasteiger partial charge in [0.15, 0.2) is 11.4 Å². The van der Waals surface area contributed by atoms with E-state index in [4.69, 9.17) is 37.9 Å². The Labute approximate surface area is 381 Å². The minimum Gasteiger partial charge on any atom is -0.455 e. The first-order valence-corrected chi connectivity index (χ1v) is 22.2. The molecule has 4 aliphatic rings. The van der Waals surface area contributed by atoms with Gasteiger partial charge in [-0.3, -0.25) is 14.4 Å². The standard InChI is InChI=1S/C47H58BrNO15/c1-25-29(60-41(54)36(61-32(51)23-48)34(27-17-13-11-14-18-27)49-42(55)64-43(3,4)5)22-47(56)39(62-40(53)28-19-15-12-16-20-28)37-45(8,38(52)35(58-10)33(25)44(47,6)7)30(57-9)21-31-46(37,24-59-31)63-26(2)50/h11-20,29-31,34-37,39,56H,21-24H2,1-10H3,(H,49,55)/t29-,30-,31+,34-,35+,36+,37?,39-,45+,46-,47+/m0/s1. The molecular weight excluding hydrogens is 898 g/mol. The molecule has 1 heterocycles. The zero-order valence-corrected chi connectivity index (χ0v) is 39.3. The monoisotopic (exact) mass is 955 g/mol. The first-order chi connectivity index (χ1) is 30.0. The molecule has 1 amide bonds. The lowest BCUT2D eigenvalue weighted by Gasteiger charge is -2.67. The number of hydrogen-bond acceptors (Lipinski definition) is 15. The van der Waals surface area contributed by atoms with Crippen LogP contribution in [0.15, 0.2) is 71.8 Å². The second-order valence-corrected chi connectivity index (χ2v) is 19.2. The molecule has 16 nitrogen and oxygen atoms in total. The lowest BCUT2D eigenvalue weighted by Crippen LogP contribution is -2.82. The number of esters is 4. The Kier molecular flexibility index (Phi) is 13.9. The molecule has 3 aliphatic carbocycles. The van der Waals surface area contributed by atoms with Gasteiger partial charge in [0.2, 0.25) is 6.10 Å². The van der Waals surface area contributed by atoms with Crippen molar-refractivity contribution in [3.63, 3.8) is 0 Å². The van der Waals surface area contributed by atoms with Crippen molar-refractivity contribution in [2.75, 3.05) is 26.2 Å². The number of halogens is 1. The Morgan fingerprint density at radius 2 is 1.58 bits per heavy atom. The van der Waals surface area contributed by atoms with Gasteiger partial charge in [0.1, 0.15) is 47.0 Å². The van der Waals surface area contributed by atoms with Crippen molar-refractivity contribution in [1.29, 1.82) is 0 Å². The second kappa shape index (κ2) is 18.3. The number of hydrogen-bond donors (Lipinski definition) is 2. The normalized spacial score (nSPS) is 31.5. The summed E-state index contributed by atoms with van der Waals surface area (Å²) < 4.78 is 48.5. The molecule has 3 fully saturated rings. The highest BCUT2D eigenvalue weighted by atomic mass is 79.9. The number of fused-ring (bicyclic) bond motifs is 5. The number of nitrogens with one attached hydrogen (secondary N) is 1. The molecule has 0 radical (unpaired) electrons. The van der Waals surface area contributed by atoms with Crippen LogP contribution in [0, 0.1) is 16.7 Å². The van der Waals surface area contributed by atoms with Gasteiger partial charge in [-0.15, -0.1) is 0 Å². The molecule has 2 bridgehead atoms. The zero-order valence-electron chi connectivity index (χ0n) is 37.8. The van der Waals surface area contributed by atoms with E-state index in [0.717, 1.165) is 0 Å². The summed E-state index contributed by atoms with van der Waals surface area (Å²) in [4.78, 5) is 84.4. The first kappa shape index (κ1) is 48.8. The molecule has 1 aliphatic heterocycles. The molecule has 2 saturated carbocycles. The lowest BCUT2D eigenvalue weighted by atomic mass is 9.44. The third kappa shape index (κ3) is 8.61. The molecule has 2 aromatic carbocycles. The van der Waals surface area contributed by atoms with E-state index in [0.29, 0.717) is 11.1 Å². The van der Waals surface area contributed by atoms with Gasteiger partial charge in [-0.1, -0.05) is 78.3 Å². The van der Waals surface area contributed by atoms with E-state index >= 15 is 4.79 Å². The van der Waals surface area contributed by atoms with Gasteiger partial charge in [-0.25, -0.2) is 14.4 Å². The Morgan fingerprint density at radius 1 is 0.953 bits per heavy atom. The van der Waals surface area contributed by atoms with Crippen LogP contribution in [0.25, 0.3) is 0 Å². The van der Waals surface area contributed by atoms with Crippen LogP contribution >= 0.6 is 15.9 Å². The van der Waals surface area contributed by atoms with Crippen molar-refractivity contribution in [1.82, 2.24) is 5.32 Å². The van der Waals surface area contributed by atoms with E-state index < -0.39 is 118 Å². The van der Waals surface area contributed by atoms with Gasteiger partial charge < -0.3 is 48.3 Å². The topological polar surface area (TPSA) is 209 Å². The second-order valence-electron chi connectivity index (χ2n) is 18.6. The van der Waals surface area contributed by atoms with Crippen molar-refractivity contribution in [3.05, 3.63) is 82.9 Å². The van der Waals surface area contributed by atoms with Gasteiger partial charge in [-0.05, 0) is 63.5 Å². The van der Waals surface area contributed by atoms with Crippen molar-refractivity contribution in [3.8, 4) is 0 Å². The summed E-state index contributed by atoms with van der Waals surface area (Å²) >= 11 is 3.09. The van der Waals surface area contributed by atoms with Crippen LogP contribution in [0.2, 0.25) is 0 Å². The number of alkyl carbamates (subject to hydrolysis) is 1. The number of amides is 1. The molecule has 6 rings (SSSR count). The molecule has 0 aromatic heterocycles. The van der Waals surface area contributed by atoms with E-state index in [1.807, 2.05) is 0 Å². The Balaban J connectivity index is 1.56. The van der Waals surface area contributed by atoms with E-state index in [1.54, 1.807) is 97.0 Å². The fourth-order valence-electron chi connectivity index (χ4n) is 10.3. The zero-order chi connectivity index (χ0) is 47.2. The van der Waals surface area contributed by atoms with Gasteiger partial charge in [0.25, 0.3) is 0 Å². The number of methoxy groups -OCH3 is 2. The molecule has 1 saturated heterocycles. The number of carbonyl (C=O) groups is 6. The summed E-state index contributed by atoms with van der Waals surface area (Å²) in [7, 11) is 2.77. The maximum atomic E-state index is 15.7. The number of ether oxygens (including phenoxy) is 8. The van der Waals surface area contributed by atoms with Crippen LogP contribution in [-0.4, -0.2) is 120 Å². The number of rotatable bonds is 12. The number of benzene rings is 2. The predicted molar refractivity (Wildman–Crippen MR) is 231 cm³/mol. The predicted octanol–water partition coefficient (Wildman–Crippen LogP) is 5.51. The Hall–Kier alpha value is -4.68. The summed E-state index contributed by atoms with van der Waals surface area (Å²) in [5.41, 5.74) is -6.98. The number of aliphatic hydroxyl groups is 1. The molecule has 1 unspecified atom stereocenters. The largest absolute Gasteiger partial charge is 0.455 e. The first-order valence-electron chi connectivity index (χ1n) is 21.1. The minimum atomic E-state index is -2.26. The third-order valence-electron chi connectivity index (χ3n) is 13.4. The van der Waals surface area contributed by atoms with Gasteiger partial charge in [0, 0.05) is 39.4 Å². The van der Waals surface area contributed by atoms with E-state index in [-0.39, 0.29) is 29.5 Å². The SMILES string of the molecule is CO[C@H]1C(=O)[C@@]2(C)C([C@H](OC(=O)c3ccccc3)[C@]3(O)C[C@H](OC(=O)[C@H](OC(=O)CBr)[C@@H](NC(=O)OC(C)(C)C)c4ccccc4)C(C)=C1C3(C)C)[C@]1(OC(C)=O)CO[C@@H]1C[C@@H]2OC. The van der Waals surface area contributed by atoms with Crippen LogP contribution in [0.3, 0.4) is 0 Å². The molecule has 2 N–H and O–H groups in total. The van der Waals surface area contributed by atoms with Crippen molar-refractivity contribution in [2.45, 2.75) is 128 Å². The highest BCUT2D eigenvalue weighted by Gasteiger charge is 2.78. The molecule has 2 aromatic rings. The van der Waals surface area contributed by atoms with Crippen molar-refractivity contribution in [2.24, 2.45) is 16.7 Å². The molecule has 64 heavy (non-hydrogen) atoms. The molecule has 348 valence electrons. The van der Waals surface area contributed by atoms with Gasteiger partial charge in [0.05, 0.1) is 29.6 Å². The van der Waals surface area contributed by atoms with Crippen molar-refractivity contribution >= 4 is 51.7 Å². The van der Waals surface area contributed by atoms with Crippen LogP contribution < -0.4 is 5.32 Å². The molecular formula is C47H58BrNO15. The fourth-order valence-corrected chi connectivity index (χ4v) is 10.5.